The molecule has 0 saturated carbocycles. The second-order valence-electron chi connectivity index (χ2n) is 6.75. The van der Waals surface area contributed by atoms with Crippen LogP contribution in [0.25, 0.3) is 10.8 Å². The number of rotatable bonds is 5. The molecule has 1 atom stereocenters. The highest BCUT2D eigenvalue weighted by molar-refractivity contribution is 6.02. The third kappa shape index (κ3) is 4.48. The molecule has 2 N–H and O–H groups in total. The van der Waals surface area contributed by atoms with Crippen molar-refractivity contribution in [3.05, 3.63) is 76.2 Å². The number of aliphatic hydroxyl groups is 1. The first-order valence-electron chi connectivity index (χ1n) is 8.91. The van der Waals surface area contributed by atoms with Crippen molar-refractivity contribution in [2.75, 3.05) is 11.9 Å². The Morgan fingerprint density at radius 2 is 1.79 bits per heavy atom. The fourth-order valence-corrected chi connectivity index (χ4v) is 3.03. The SMILES string of the molecule is C[C@@H](CO)n1ccc2c(NC(=O)Cc3ccc(C(F)(F)F)cc3)cccc2c1=O. The average Bonchev–Trinajstić information content (AvgIpc) is 2.68. The van der Waals surface area contributed by atoms with Gasteiger partial charge in [-0.1, -0.05) is 18.2 Å². The fraction of sp³-hybridized carbons (Fsp3) is 0.238. The molecule has 2 aromatic carbocycles. The van der Waals surface area contributed by atoms with Crippen molar-refractivity contribution >= 4 is 22.4 Å². The highest BCUT2D eigenvalue weighted by atomic mass is 19.4. The first-order valence-corrected chi connectivity index (χ1v) is 8.91. The average molecular weight is 404 g/mol. The van der Waals surface area contributed by atoms with E-state index in [1.807, 2.05) is 0 Å². The maximum Gasteiger partial charge on any atom is 0.416 e. The molecule has 0 spiro atoms. The number of nitrogens with zero attached hydrogens (tertiary/aromatic N) is 1. The van der Waals surface area contributed by atoms with Gasteiger partial charge in [-0.05, 0) is 42.8 Å². The Morgan fingerprint density at radius 1 is 1.10 bits per heavy atom. The zero-order valence-electron chi connectivity index (χ0n) is 15.5. The molecule has 0 saturated heterocycles. The molecule has 0 fully saturated rings. The van der Waals surface area contributed by atoms with Crippen molar-refractivity contribution in [2.24, 2.45) is 0 Å². The Balaban J connectivity index is 1.82. The summed E-state index contributed by atoms with van der Waals surface area (Å²) in [6.45, 7) is 1.53. The monoisotopic (exact) mass is 404 g/mol. The molecule has 3 rings (SSSR count). The van der Waals surface area contributed by atoms with Gasteiger partial charge in [0.25, 0.3) is 5.56 Å². The molecule has 152 valence electrons. The van der Waals surface area contributed by atoms with E-state index in [1.165, 1.54) is 16.7 Å². The number of benzene rings is 2. The van der Waals surface area contributed by atoms with E-state index < -0.39 is 17.6 Å². The van der Waals surface area contributed by atoms with Crippen molar-refractivity contribution < 1.29 is 23.1 Å². The summed E-state index contributed by atoms with van der Waals surface area (Å²) < 4.78 is 39.3. The minimum Gasteiger partial charge on any atom is -0.394 e. The van der Waals surface area contributed by atoms with E-state index >= 15 is 0 Å². The summed E-state index contributed by atoms with van der Waals surface area (Å²) >= 11 is 0. The standard InChI is InChI=1S/C21H19F3N2O3/c1-13(12-27)26-10-9-16-17(20(26)29)3-2-4-18(16)25-19(28)11-14-5-7-15(8-6-14)21(22,23)24/h2-10,13,27H,11-12H2,1H3,(H,25,28)/t13-/m0/s1. The van der Waals surface area contributed by atoms with Crippen LogP contribution in [0.15, 0.2) is 59.5 Å². The van der Waals surface area contributed by atoms with Gasteiger partial charge in [-0.3, -0.25) is 9.59 Å². The van der Waals surface area contributed by atoms with Crippen LogP contribution in [0.5, 0.6) is 0 Å². The summed E-state index contributed by atoms with van der Waals surface area (Å²) in [5, 5.41) is 12.9. The second kappa shape index (κ2) is 8.08. The lowest BCUT2D eigenvalue weighted by molar-refractivity contribution is -0.137. The minimum atomic E-state index is -4.43. The zero-order valence-corrected chi connectivity index (χ0v) is 15.5. The Morgan fingerprint density at radius 3 is 2.41 bits per heavy atom. The highest BCUT2D eigenvalue weighted by Gasteiger charge is 2.30. The third-order valence-corrected chi connectivity index (χ3v) is 4.63. The van der Waals surface area contributed by atoms with Crippen molar-refractivity contribution in [2.45, 2.75) is 25.6 Å². The predicted octanol–water partition coefficient (Wildman–Crippen LogP) is 3.75. The van der Waals surface area contributed by atoms with Crippen LogP contribution >= 0.6 is 0 Å². The number of nitrogens with one attached hydrogen (secondary N) is 1. The van der Waals surface area contributed by atoms with Gasteiger partial charge in [0.1, 0.15) is 0 Å². The minimum absolute atomic E-state index is 0.104. The number of halogens is 3. The molecule has 0 aliphatic heterocycles. The molecule has 0 unspecified atom stereocenters. The molecule has 1 amide bonds. The third-order valence-electron chi connectivity index (χ3n) is 4.63. The molecule has 0 aliphatic rings. The largest absolute Gasteiger partial charge is 0.416 e. The summed E-state index contributed by atoms with van der Waals surface area (Å²) in [6.07, 6.45) is -2.98. The molecular weight excluding hydrogens is 385 g/mol. The van der Waals surface area contributed by atoms with Gasteiger partial charge in [0.2, 0.25) is 5.91 Å². The number of amides is 1. The number of anilines is 1. The smallest absolute Gasteiger partial charge is 0.394 e. The summed E-state index contributed by atoms with van der Waals surface area (Å²) in [6, 6.07) is 10.6. The van der Waals surface area contributed by atoms with Crippen LogP contribution in [0, 0.1) is 0 Å². The number of aliphatic hydroxyl groups excluding tert-OH is 1. The molecule has 5 nitrogen and oxygen atoms in total. The number of carbonyl (C=O) groups excluding carboxylic acids is 1. The van der Waals surface area contributed by atoms with Crippen LogP contribution in [0.4, 0.5) is 18.9 Å². The summed E-state index contributed by atoms with van der Waals surface area (Å²) in [5.74, 6) is -0.412. The van der Waals surface area contributed by atoms with E-state index in [2.05, 4.69) is 5.32 Å². The number of alkyl halides is 3. The topological polar surface area (TPSA) is 71.3 Å². The first-order chi connectivity index (χ1) is 13.7. The van der Waals surface area contributed by atoms with Gasteiger partial charge in [0.05, 0.1) is 24.6 Å². The van der Waals surface area contributed by atoms with E-state index in [-0.39, 0.29) is 24.6 Å². The van der Waals surface area contributed by atoms with Crippen molar-refractivity contribution in [3.63, 3.8) is 0 Å². The van der Waals surface area contributed by atoms with Crippen molar-refractivity contribution in [1.29, 1.82) is 0 Å². The summed E-state index contributed by atoms with van der Waals surface area (Å²) in [5.41, 5.74) is -0.192. The van der Waals surface area contributed by atoms with Crippen LogP contribution in [0.2, 0.25) is 0 Å². The highest BCUT2D eigenvalue weighted by Crippen LogP contribution is 2.29. The zero-order chi connectivity index (χ0) is 21.2. The van der Waals surface area contributed by atoms with Gasteiger partial charge >= 0.3 is 6.18 Å². The Labute approximate surface area is 164 Å². The fourth-order valence-electron chi connectivity index (χ4n) is 3.03. The predicted molar refractivity (Wildman–Crippen MR) is 104 cm³/mol. The maximum absolute atomic E-state index is 12.6. The Bertz CT molecular complexity index is 1090. The van der Waals surface area contributed by atoms with E-state index in [1.54, 1.807) is 37.4 Å². The van der Waals surface area contributed by atoms with Gasteiger partial charge in [0.15, 0.2) is 0 Å². The normalized spacial score (nSPS) is 12.7. The quantitative estimate of drug-likeness (QED) is 0.680. The molecular formula is C21H19F3N2O3. The van der Waals surface area contributed by atoms with Gasteiger partial charge in [-0.15, -0.1) is 0 Å². The van der Waals surface area contributed by atoms with Crippen LogP contribution < -0.4 is 10.9 Å². The Hall–Kier alpha value is -3.13. The molecule has 0 bridgehead atoms. The second-order valence-corrected chi connectivity index (χ2v) is 6.75. The van der Waals surface area contributed by atoms with Crippen LogP contribution in [0.3, 0.4) is 0 Å². The molecule has 1 aromatic heterocycles. The van der Waals surface area contributed by atoms with Crippen LogP contribution in [-0.2, 0) is 17.4 Å². The number of fused-ring (bicyclic) bond motifs is 1. The van der Waals surface area contributed by atoms with Crippen molar-refractivity contribution in [3.8, 4) is 0 Å². The molecule has 1 heterocycles. The molecule has 3 aromatic rings. The summed E-state index contributed by atoms with van der Waals surface area (Å²) in [7, 11) is 0. The van der Waals surface area contributed by atoms with Gasteiger partial charge in [0, 0.05) is 22.7 Å². The van der Waals surface area contributed by atoms with Gasteiger partial charge in [-0.2, -0.15) is 13.2 Å². The lowest BCUT2D eigenvalue weighted by atomic mass is 10.1. The van der Waals surface area contributed by atoms with E-state index in [4.69, 9.17) is 0 Å². The molecule has 29 heavy (non-hydrogen) atoms. The number of hydrogen-bond acceptors (Lipinski definition) is 3. The van der Waals surface area contributed by atoms with Gasteiger partial charge in [-0.25, -0.2) is 0 Å². The van der Waals surface area contributed by atoms with E-state index in [9.17, 15) is 27.9 Å². The number of aromatic nitrogens is 1. The Kier molecular flexibility index (Phi) is 5.74. The lowest BCUT2D eigenvalue weighted by Gasteiger charge is -2.14. The van der Waals surface area contributed by atoms with Crippen molar-refractivity contribution in [1.82, 2.24) is 4.57 Å². The maximum atomic E-state index is 12.6. The van der Waals surface area contributed by atoms with Gasteiger partial charge < -0.3 is 15.0 Å². The van der Waals surface area contributed by atoms with Crippen LogP contribution in [-0.4, -0.2) is 22.2 Å². The van der Waals surface area contributed by atoms with Crippen LogP contribution in [0.1, 0.15) is 24.1 Å². The van der Waals surface area contributed by atoms with E-state index in [0.717, 1.165) is 12.1 Å². The lowest BCUT2D eigenvalue weighted by Crippen LogP contribution is -2.25. The number of pyridine rings is 1. The number of hydrogen-bond donors (Lipinski definition) is 2. The molecule has 0 radical (unpaired) electrons. The molecule has 0 aliphatic carbocycles. The number of carbonyl (C=O) groups is 1. The summed E-state index contributed by atoms with van der Waals surface area (Å²) in [4.78, 5) is 25.0. The molecule has 8 heteroatoms. The van der Waals surface area contributed by atoms with E-state index in [0.29, 0.717) is 22.0 Å². The first kappa shape index (κ1) is 20.6.